The summed E-state index contributed by atoms with van der Waals surface area (Å²) in [7, 11) is 0. The Bertz CT molecular complexity index is 631. The molecule has 18 heavy (non-hydrogen) atoms. The van der Waals surface area contributed by atoms with Gasteiger partial charge in [-0.15, -0.1) is 0 Å². The molecule has 90 valence electrons. The number of anilines is 2. The van der Waals surface area contributed by atoms with Crippen LogP contribution in [0.25, 0.3) is 0 Å². The molecule has 0 aliphatic carbocycles. The summed E-state index contributed by atoms with van der Waals surface area (Å²) < 4.78 is 0.976. The Balaban J connectivity index is 2.37. The summed E-state index contributed by atoms with van der Waals surface area (Å²) in [6.07, 6.45) is 0. The minimum Gasteiger partial charge on any atom is -0.324 e. The predicted molar refractivity (Wildman–Crippen MR) is 73.6 cm³/mol. The van der Waals surface area contributed by atoms with Crippen LogP contribution >= 0.6 is 15.9 Å². The van der Waals surface area contributed by atoms with Gasteiger partial charge in [0.1, 0.15) is 11.8 Å². The summed E-state index contributed by atoms with van der Waals surface area (Å²) in [5.41, 5.74) is 3.12. The molecule has 4 nitrogen and oxygen atoms in total. The van der Waals surface area contributed by atoms with Crippen molar-refractivity contribution in [3.05, 3.63) is 45.7 Å². The van der Waals surface area contributed by atoms with Crippen LogP contribution < -0.4 is 5.32 Å². The predicted octanol–water partition coefficient (Wildman–Crippen LogP) is 3.47. The molecule has 0 saturated carbocycles. The lowest BCUT2D eigenvalue weighted by Crippen LogP contribution is -2.01. The van der Waals surface area contributed by atoms with Gasteiger partial charge in [-0.05, 0) is 37.6 Å². The van der Waals surface area contributed by atoms with Crippen molar-refractivity contribution in [2.24, 2.45) is 0 Å². The number of aryl methyl sites for hydroxylation is 2. The monoisotopic (exact) mass is 302 g/mol. The highest BCUT2D eigenvalue weighted by Gasteiger charge is 2.04. The van der Waals surface area contributed by atoms with Crippen LogP contribution in [0, 0.1) is 25.2 Å². The number of hydrogen-bond donors (Lipinski definition) is 1. The molecule has 0 aliphatic rings. The SMILES string of the molecule is Cc1cc(C#N)nc(Nc2cc(Br)ccc2C)n1. The highest BCUT2D eigenvalue weighted by atomic mass is 79.9. The Hall–Kier alpha value is -1.93. The smallest absolute Gasteiger partial charge is 0.228 e. The molecule has 0 aliphatic heterocycles. The van der Waals surface area contributed by atoms with E-state index in [-0.39, 0.29) is 0 Å². The van der Waals surface area contributed by atoms with E-state index in [9.17, 15) is 0 Å². The third-order valence-corrected chi connectivity index (χ3v) is 2.91. The largest absolute Gasteiger partial charge is 0.324 e. The lowest BCUT2D eigenvalue weighted by molar-refractivity contribution is 1.08. The number of hydrogen-bond acceptors (Lipinski definition) is 4. The van der Waals surface area contributed by atoms with Crippen LogP contribution in [0.4, 0.5) is 11.6 Å². The first kappa shape index (κ1) is 12.5. The van der Waals surface area contributed by atoms with Crippen molar-refractivity contribution >= 4 is 27.6 Å². The third-order valence-electron chi connectivity index (χ3n) is 2.41. The van der Waals surface area contributed by atoms with Crippen molar-refractivity contribution in [3.63, 3.8) is 0 Å². The molecule has 5 heteroatoms. The minimum absolute atomic E-state index is 0.359. The van der Waals surface area contributed by atoms with Gasteiger partial charge < -0.3 is 5.32 Å². The average molecular weight is 303 g/mol. The summed E-state index contributed by atoms with van der Waals surface area (Å²) >= 11 is 3.42. The molecule has 1 aromatic heterocycles. The van der Waals surface area contributed by atoms with Crippen LogP contribution in [0.15, 0.2) is 28.7 Å². The molecule has 0 spiro atoms. The first-order valence-corrected chi connectivity index (χ1v) is 6.17. The molecular formula is C13H11BrN4. The van der Waals surface area contributed by atoms with Crippen molar-refractivity contribution < 1.29 is 0 Å². The standard InChI is InChI=1S/C13H11BrN4/c1-8-3-4-10(14)6-12(8)18-13-16-9(2)5-11(7-15)17-13/h3-6H,1-2H3,(H,16,17,18). The Labute approximate surface area is 114 Å². The second-order valence-electron chi connectivity index (χ2n) is 3.91. The van der Waals surface area contributed by atoms with E-state index >= 15 is 0 Å². The summed E-state index contributed by atoms with van der Waals surface area (Å²) in [5, 5.41) is 12.0. The fourth-order valence-corrected chi connectivity index (χ4v) is 1.89. The summed E-state index contributed by atoms with van der Waals surface area (Å²) in [5.74, 6) is 0.438. The molecule has 2 rings (SSSR count). The molecule has 0 radical (unpaired) electrons. The molecule has 1 heterocycles. The van der Waals surface area contributed by atoms with Gasteiger partial charge in [0.15, 0.2) is 0 Å². The van der Waals surface area contributed by atoms with Crippen LogP contribution in [0.5, 0.6) is 0 Å². The Morgan fingerprint density at radius 1 is 1.22 bits per heavy atom. The fourth-order valence-electron chi connectivity index (χ4n) is 1.53. The first-order valence-electron chi connectivity index (χ1n) is 5.37. The number of rotatable bonds is 2. The van der Waals surface area contributed by atoms with E-state index in [1.54, 1.807) is 6.07 Å². The van der Waals surface area contributed by atoms with E-state index in [1.165, 1.54) is 0 Å². The highest BCUT2D eigenvalue weighted by molar-refractivity contribution is 9.10. The zero-order chi connectivity index (χ0) is 13.1. The number of nitrogens with one attached hydrogen (secondary N) is 1. The highest BCUT2D eigenvalue weighted by Crippen LogP contribution is 2.23. The molecule has 0 bridgehead atoms. The zero-order valence-electron chi connectivity index (χ0n) is 10.0. The van der Waals surface area contributed by atoms with Gasteiger partial charge >= 0.3 is 0 Å². The maximum absolute atomic E-state index is 8.88. The van der Waals surface area contributed by atoms with Crippen LogP contribution in [0.3, 0.4) is 0 Å². The number of benzene rings is 1. The van der Waals surface area contributed by atoms with Gasteiger partial charge in [-0.25, -0.2) is 9.97 Å². The van der Waals surface area contributed by atoms with Crippen LogP contribution in [-0.2, 0) is 0 Å². The molecule has 0 fully saturated rings. The van der Waals surface area contributed by atoms with Crippen molar-refractivity contribution in [2.45, 2.75) is 13.8 Å². The van der Waals surface area contributed by atoms with E-state index in [0.29, 0.717) is 11.6 Å². The average Bonchev–Trinajstić information content (AvgIpc) is 2.33. The molecule has 2 aromatic rings. The Kier molecular flexibility index (Phi) is 3.58. The van der Waals surface area contributed by atoms with Crippen molar-refractivity contribution in [2.75, 3.05) is 5.32 Å². The summed E-state index contributed by atoms with van der Waals surface area (Å²) in [6.45, 7) is 3.83. The maximum Gasteiger partial charge on any atom is 0.228 e. The molecule has 0 saturated heterocycles. The third kappa shape index (κ3) is 2.84. The number of halogens is 1. The molecule has 1 N–H and O–H groups in total. The van der Waals surface area contributed by atoms with Gasteiger partial charge in [0, 0.05) is 15.9 Å². The molecule has 1 aromatic carbocycles. The van der Waals surface area contributed by atoms with Gasteiger partial charge in [-0.2, -0.15) is 5.26 Å². The van der Waals surface area contributed by atoms with Crippen LogP contribution in [-0.4, -0.2) is 9.97 Å². The minimum atomic E-state index is 0.359. The second kappa shape index (κ2) is 5.15. The lowest BCUT2D eigenvalue weighted by Gasteiger charge is -2.09. The molecule has 0 atom stereocenters. The topological polar surface area (TPSA) is 61.6 Å². The summed E-state index contributed by atoms with van der Waals surface area (Å²) in [4.78, 5) is 8.38. The van der Waals surface area contributed by atoms with Crippen LogP contribution in [0.2, 0.25) is 0 Å². The summed E-state index contributed by atoms with van der Waals surface area (Å²) in [6, 6.07) is 9.59. The van der Waals surface area contributed by atoms with Crippen LogP contribution in [0.1, 0.15) is 17.0 Å². The van der Waals surface area contributed by atoms with Crippen molar-refractivity contribution in [1.82, 2.24) is 9.97 Å². The lowest BCUT2D eigenvalue weighted by atomic mass is 10.2. The van der Waals surface area contributed by atoms with Gasteiger partial charge in [-0.3, -0.25) is 0 Å². The van der Waals surface area contributed by atoms with E-state index in [4.69, 9.17) is 5.26 Å². The quantitative estimate of drug-likeness (QED) is 0.922. The molecule has 0 unspecified atom stereocenters. The Morgan fingerprint density at radius 2 is 2.00 bits per heavy atom. The fraction of sp³-hybridized carbons (Fsp3) is 0.154. The zero-order valence-corrected chi connectivity index (χ0v) is 11.6. The number of nitrogens with zero attached hydrogens (tertiary/aromatic N) is 3. The number of aromatic nitrogens is 2. The second-order valence-corrected chi connectivity index (χ2v) is 4.83. The van der Waals surface area contributed by atoms with E-state index < -0.39 is 0 Å². The van der Waals surface area contributed by atoms with E-state index in [2.05, 4.69) is 31.2 Å². The van der Waals surface area contributed by atoms with Gasteiger partial charge in [0.25, 0.3) is 0 Å². The molecule has 0 amide bonds. The van der Waals surface area contributed by atoms with Crippen molar-refractivity contribution in [1.29, 1.82) is 5.26 Å². The van der Waals surface area contributed by atoms with Crippen molar-refractivity contribution in [3.8, 4) is 6.07 Å². The van der Waals surface area contributed by atoms with E-state index in [1.807, 2.05) is 38.1 Å². The van der Waals surface area contributed by atoms with Gasteiger partial charge in [0.2, 0.25) is 5.95 Å². The van der Waals surface area contributed by atoms with E-state index in [0.717, 1.165) is 21.4 Å². The maximum atomic E-state index is 8.88. The van der Waals surface area contributed by atoms with Gasteiger partial charge in [0.05, 0.1) is 0 Å². The first-order chi connectivity index (χ1) is 8.58. The molecular weight excluding hydrogens is 292 g/mol. The van der Waals surface area contributed by atoms with Gasteiger partial charge in [-0.1, -0.05) is 22.0 Å². The normalized spacial score (nSPS) is 9.89. The number of nitriles is 1. The Morgan fingerprint density at radius 3 is 2.72 bits per heavy atom.